The van der Waals surface area contributed by atoms with Gasteiger partial charge in [-0.05, 0) is 74.1 Å². The molecule has 0 radical (unpaired) electrons. The van der Waals surface area contributed by atoms with E-state index in [0.29, 0.717) is 0 Å². The van der Waals surface area contributed by atoms with Crippen LogP contribution < -0.4 is 4.80 Å². The van der Waals surface area contributed by atoms with Crippen LogP contribution >= 0.6 is 11.3 Å². The van der Waals surface area contributed by atoms with Crippen molar-refractivity contribution in [1.82, 2.24) is 14.1 Å². The molecule has 5 heteroatoms. The zero-order valence-corrected chi connectivity index (χ0v) is 18.9. The van der Waals surface area contributed by atoms with Crippen LogP contribution in [0.5, 0.6) is 0 Å². The van der Waals surface area contributed by atoms with Crippen molar-refractivity contribution in [2.45, 2.75) is 47.2 Å². The predicted molar refractivity (Wildman–Crippen MR) is 125 cm³/mol. The third-order valence-electron chi connectivity index (χ3n) is 5.54. The maximum absolute atomic E-state index is 5.07. The van der Waals surface area contributed by atoms with Gasteiger partial charge in [0, 0.05) is 30.9 Å². The second-order valence-electron chi connectivity index (χ2n) is 7.91. The molecule has 30 heavy (non-hydrogen) atoms. The highest BCUT2D eigenvalue weighted by molar-refractivity contribution is 7.07. The van der Waals surface area contributed by atoms with Crippen LogP contribution in [0.15, 0.2) is 65.5 Å². The van der Waals surface area contributed by atoms with E-state index in [1.165, 1.54) is 33.5 Å². The first kappa shape index (κ1) is 20.4. The number of thiazole rings is 1. The van der Waals surface area contributed by atoms with Crippen LogP contribution in [0.3, 0.4) is 0 Å². The smallest absolute Gasteiger partial charge is 0.190 e. The Morgan fingerprint density at radius 3 is 2.53 bits per heavy atom. The van der Waals surface area contributed by atoms with Gasteiger partial charge in [0.15, 0.2) is 4.80 Å². The molecule has 4 nitrogen and oxygen atoms in total. The minimum atomic E-state index is 0.910. The Balaban J connectivity index is 1.75. The summed E-state index contributed by atoms with van der Waals surface area (Å²) in [5.74, 6) is 0. The van der Waals surface area contributed by atoms with Gasteiger partial charge < -0.3 is 9.13 Å². The summed E-state index contributed by atoms with van der Waals surface area (Å²) in [5, 5.41) is 2.24. The third kappa shape index (κ3) is 4.46. The lowest BCUT2D eigenvalue weighted by molar-refractivity contribution is 0.559. The molecule has 154 valence electrons. The lowest BCUT2D eigenvalue weighted by atomic mass is 10.0. The third-order valence-corrected chi connectivity index (χ3v) is 6.40. The quantitative estimate of drug-likeness (QED) is 0.381. The Morgan fingerprint density at radius 1 is 0.933 bits per heavy atom. The summed E-state index contributed by atoms with van der Waals surface area (Å²) in [7, 11) is 0. The van der Waals surface area contributed by atoms with Gasteiger partial charge in [-0.25, -0.2) is 9.98 Å². The molecule has 0 saturated heterocycles. The predicted octanol–water partition coefficient (Wildman–Crippen LogP) is 5.97. The summed E-state index contributed by atoms with van der Waals surface area (Å²) in [5.41, 5.74) is 8.60. The maximum Gasteiger partial charge on any atom is 0.190 e. The van der Waals surface area contributed by atoms with Crippen molar-refractivity contribution in [1.29, 1.82) is 0 Å². The van der Waals surface area contributed by atoms with Gasteiger partial charge in [-0.15, -0.1) is 11.3 Å². The molecule has 0 aliphatic heterocycles. The van der Waals surface area contributed by atoms with E-state index >= 15 is 0 Å². The molecule has 0 unspecified atom stereocenters. The Bertz CT molecular complexity index is 1210. The van der Waals surface area contributed by atoms with Crippen molar-refractivity contribution < 1.29 is 0 Å². The molecule has 0 aliphatic carbocycles. The minimum Gasteiger partial charge on any atom is -0.337 e. The summed E-state index contributed by atoms with van der Waals surface area (Å²) in [6.07, 6.45) is 6.75. The molecule has 0 atom stereocenters. The highest BCUT2D eigenvalue weighted by atomic mass is 32.1. The van der Waals surface area contributed by atoms with Gasteiger partial charge in [-0.3, -0.25) is 0 Å². The molecule has 2 heterocycles. The molecule has 0 N–H and O–H groups in total. The monoisotopic (exact) mass is 416 g/mol. The van der Waals surface area contributed by atoms with E-state index in [0.717, 1.165) is 30.0 Å². The summed E-state index contributed by atoms with van der Waals surface area (Å²) >= 11 is 1.72. The summed E-state index contributed by atoms with van der Waals surface area (Å²) in [6, 6.07) is 13.2. The first-order valence-electron chi connectivity index (χ1n) is 10.3. The van der Waals surface area contributed by atoms with Crippen molar-refractivity contribution in [2.24, 2.45) is 4.99 Å². The fourth-order valence-corrected chi connectivity index (χ4v) is 4.49. The van der Waals surface area contributed by atoms with E-state index < -0.39 is 0 Å². The zero-order chi connectivity index (χ0) is 21.1. The second-order valence-corrected chi connectivity index (χ2v) is 8.75. The maximum atomic E-state index is 5.07. The molecule has 0 aliphatic rings. The Labute approximate surface area is 182 Å². The Morgan fingerprint density at radius 2 is 1.77 bits per heavy atom. The molecule has 0 bridgehead atoms. The van der Waals surface area contributed by atoms with Crippen molar-refractivity contribution in [3.8, 4) is 11.3 Å². The van der Waals surface area contributed by atoms with E-state index in [1.54, 1.807) is 11.3 Å². The van der Waals surface area contributed by atoms with Crippen LogP contribution in [0, 0.1) is 27.7 Å². The topological polar surface area (TPSA) is 35.1 Å². The fourth-order valence-electron chi connectivity index (χ4n) is 3.54. The number of rotatable bonds is 6. The van der Waals surface area contributed by atoms with Crippen LogP contribution in [-0.4, -0.2) is 14.1 Å². The van der Waals surface area contributed by atoms with Gasteiger partial charge in [-0.1, -0.05) is 24.3 Å². The van der Waals surface area contributed by atoms with Crippen LogP contribution in [-0.2, 0) is 13.1 Å². The molecule has 2 aromatic carbocycles. The number of hydrogen-bond donors (Lipinski definition) is 0. The van der Waals surface area contributed by atoms with Crippen LogP contribution in [0.4, 0.5) is 5.69 Å². The first-order chi connectivity index (χ1) is 14.5. The van der Waals surface area contributed by atoms with Crippen LogP contribution in [0.25, 0.3) is 11.3 Å². The normalized spacial score (nSPS) is 11.9. The average molecular weight is 417 g/mol. The highest BCUT2D eigenvalue weighted by Crippen LogP contribution is 2.25. The largest absolute Gasteiger partial charge is 0.337 e. The number of aromatic nitrogens is 3. The van der Waals surface area contributed by atoms with Crippen LogP contribution in [0.1, 0.15) is 28.7 Å². The molecular weight excluding hydrogens is 388 g/mol. The summed E-state index contributed by atoms with van der Waals surface area (Å²) in [6.45, 7) is 10.4. The highest BCUT2D eigenvalue weighted by Gasteiger charge is 2.10. The molecule has 0 amide bonds. The standard InChI is InChI=1S/C25H28N4S/c1-18-6-7-20(3)23(14-18)27-25-29(12-5-11-28-13-10-26-17-28)24(16-30-25)22-9-8-19(2)21(4)15-22/h6-10,13-17H,5,11-12H2,1-4H3. The molecular formula is C25H28N4S. The zero-order valence-electron chi connectivity index (χ0n) is 18.1. The second kappa shape index (κ2) is 8.84. The molecule has 4 aromatic rings. The number of benzene rings is 2. The Kier molecular flexibility index (Phi) is 6.00. The Hall–Kier alpha value is -2.92. The summed E-state index contributed by atoms with van der Waals surface area (Å²) < 4.78 is 4.50. The first-order valence-corrected chi connectivity index (χ1v) is 11.2. The van der Waals surface area contributed by atoms with E-state index in [9.17, 15) is 0 Å². The number of imidazole rings is 1. The number of nitrogens with zero attached hydrogens (tertiary/aromatic N) is 4. The van der Waals surface area contributed by atoms with Gasteiger partial charge in [0.1, 0.15) is 0 Å². The molecule has 0 fully saturated rings. The fraction of sp³-hybridized carbons (Fsp3) is 0.280. The van der Waals surface area contributed by atoms with Crippen molar-refractivity contribution >= 4 is 17.0 Å². The lowest BCUT2D eigenvalue weighted by Gasteiger charge is -2.11. The SMILES string of the molecule is Cc1ccc(C)c(N=c2scc(-c3ccc(C)c(C)c3)n2CCCn2ccnc2)c1. The molecule has 0 saturated carbocycles. The molecule has 2 aromatic heterocycles. The molecule has 4 rings (SSSR count). The van der Waals surface area contributed by atoms with Gasteiger partial charge in [-0.2, -0.15) is 0 Å². The van der Waals surface area contributed by atoms with E-state index in [4.69, 9.17) is 4.99 Å². The average Bonchev–Trinajstić information content (AvgIpc) is 3.38. The van der Waals surface area contributed by atoms with Gasteiger partial charge in [0.05, 0.1) is 17.7 Å². The van der Waals surface area contributed by atoms with Crippen molar-refractivity contribution in [2.75, 3.05) is 0 Å². The summed E-state index contributed by atoms with van der Waals surface area (Å²) in [4.78, 5) is 10.3. The van der Waals surface area contributed by atoms with E-state index in [-0.39, 0.29) is 0 Å². The van der Waals surface area contributed by atoms with Gasteiger partial charge in [0.2, 0.25) is 0 Å². The number of aryl methyl sites for hydroxylation is 5. The van der Waals surface area contributed by atoms with E-state index in [1.807, 2.05) is 18.7 Å². The lowest BCUT2D eigenvalue weighted by Crippen LogP contribution is -2.17. The van der Waals surface area contributed by atoms with Crippen molar-refractivity contribution in [3.05, 3.63) is 87.6 Å². The van der Waals surface area contributed by atoms with Crippen LogP contribution in [0.2, 0.25) is 0 Å². The van der Waals surface area contributed by atoms with E-state index in [2.05, 4.69) is 83.6 Å². The van der Waals surface area contributed by atoms with Gasteiger partial charge in [0.25, 0.3) is 0 Å². The molecule has 0 spiro atoms. The van der Waals surface area contributed by atoms with Gasteiger partial charge >= 0.3 is 0 Å². The van der Waals surface area contributed by atoms with Crippen molar-refractivity contribution in [3.63, 3.8) is 0 Å². The minimum absolute atomic E-state index is 0.910. The number of hydrogen-bond acceptors (Lipinski definition) is 3.